The third kappa shape index (κ3) is 4.29. The molecule has 0 amide bonds. The third-order valence-electron chi connectivity index (χ3n) is 4.93. The van der Waals surface area contributed by atoms with E-state index >= 15 is 0 Å². The van der Waals surface area contributed by atoms with Crippen molar-refractivity contribution in [3.8, 4) is 0 Å². The first-order chi connectivity index (χ1) is 11.8. The molecule has 6 nitrogen and oxygen atoms in total. The fourth-order valence-corrected chi connectivity index (χ4v) is 3.80. The minimum Gasteiger partial charge on any atom is -0.511 e. The van der Waals surface area contributed by atoms with Gasteiger partial charge in [-0.25, -0.2) is 0 Å². The van der Waals surface area contributed by atoms with Gasteiger partial charge in [0.15, 0.2) is 11.6 Å². The lowest BCUT2D eigenvalue weighted by molar-refractivity contribution is -0.118. The molecule has 0 bridgehead atoms. The molecule has 4 N–H and O–H groups in total. The number of aliphatic hydroxyl groups is 2. The molecule has 2 saturated carbocycles. The van der Waals surface area contributed by atoms with Crippen molar-refractivity contribution in [1.82, 2.24) is 0 Å². The van der Waals surface area contributed by atoms with Gasteiger partial charge in [-0.2, -0.15) is 0 Å². The first-order valence-electron chi connectivity index (χ1n) is 8.89. The van der Waals surface area contributed by atoms with Crippen LogP contribution in [0.1, 0.15) is 66.2 Å². The molecule has 6 heteroatoms. The van der Waals surface area contributed by atoms with Crippen molar-refractivity contribution in [1.29, 1.82) is 10.8 Å². The zero-order chi connectivity index (χ0) is 19.9. The van der Waals surface area contributed by atoms with Crippen molar-refractivity contribution in [2.24, 2.45) is 10.8 Å². The predicted molar refractivity (Wildman–Crippen MR) is 100 cm³/mol. The first kappa shape index (κ1) is 20.1. The van der Waals surface area contributed by atoms with Crippen molar-refractivity contribution in [3.63, 3.8) is 0 Å². The van der Waals surface area contributed by atoms with Crippen molar-refractivity contribution in [2.75, 3.05) is 0 Å². The van der Waals surface area contributed by atoms with Crippen LogP contribution < -0.4 is 0 Å². The molecule has 142 valence electrons. The number of Topliss-reactive ketones (excluding diaryl/α,β-unsaturated/α-hetero) is 2. The minimum atomic E-state index is -0.293. The van der Waals surface area contributed by atoms with Crippen LogP contribution in [0.15, 0.2) is 22.7 Å². The van der Waals surface area contributed by atoms with E-state index in [0.717, 1.165) is 0 Å². The summed E-state index contributed by atoms with van der Waals surface area (Å²) in [6, 6.07) is 0. The Morgan fingerprint density at radius 1 is 0.769 bits per heavy atom. The number of carbonyl (C=O) groups is 2. The summed E-state index contributed by atoms with van der Waals surface area (Å²) in [6.07, 6.45) is 1.26. The number of hydrogen-bond acceptors (Lipinski definition) is 6. The van der Waals surface area contributed by atoms with Gasteiger partial charge in [-0.3, -0.25) is 9.59 Å². The molecule has 0 atom stereocenters. The van der Waals surface area contributed by atoms with Gasteiger partial charge in [-0.15, -0.1) is 0 Å². The maximum Gasteiger partial charge on any atom is 0.168 e. The maximum atomic E-state index is 12.3. The van der Waals surface area contributed by atoms with Crippen LogP contribution in [-0.4, -0.2) is 33.2 Å². The van der Waals surface area contributed by atoms with Gasteiger partial charge in [0.05, 0.1) is 11.1 Å². The van der Waals surface area contributed by atoms with Gasteiger partial charge in [0, 0.05) is 37.1 Å². The molecule has 2 fully saturated rings. The smallest absolute Gasteiger partial charge is 0.168 e. The Morgan fingerprint density at radius 3 is 1.35 bits per heavy atom. The van der Waals surface area contributed by atoms with Gasteiger partial charge in [0.25, 0.3) is 0 Å². The van der Waals surface area contributed by atoms with Crippen LogP contribution in [0.25, 0.3) is 0 Å². The molecule has 2 aliphatic rings. The SMILES string of the molecule is CC1(C)CC(=N)C(=C(O)CCC(O)=C2C(=N)CC(C)(C)CC2=O)C(=O)C1. The topological polar surface area (TPSA) is 122 Å². The van der Waals surface area contributed by atoms with E-state index in [1.807, 2.05) is 27.7 Å². The highest BCUT2D eigenvalue weighted by Crippen LogP contribution is 2.37. The second-order valence-corrected chi connectivity index (χ2v) is 8.98. The Labute approximate surface area is 154 Å². The second kappa shape index (κ2) is 6.82. The lowest BCUT2D eigenvalue weighted by Gasteiger charge is -2.31. The lowest BCUT2D eigenvalue weighted by atomic mass is 9.72. The number of rotatable bonds is 3. The average Bonchev–Trinajstić information content (AvgIpc) is 2.40. The summed E-state index contributed by atoms with van der Waals surface area (Å²) < 4.78 is 0. The highest BCUT2D eigenvalue weighted by Gasteiger charge is 2.37. The molecule has 0 aliphatic heterocycles. The fourth-order valence-electron chi connectivity index (χ4n) is 3.80. The summed E-state index contributed by atoms with van der Waals surface area (Å²) in [7, 11) is 0. The Morgan fingerprint density at radius 2 is 1.08 bits per heavy atom. The van der Waals surface area contributed by atoms with Gasteiger partial charge in [0.1, 0.15) is 11.5 Å². The number of allylic oxidation sites excluding steroid dienone is 4. The first-order valence-corrected chi connectivity index (χ1v) is 8.89. The zero-order valence-corrected chi connectivity index (χ0v) is 16.0. The fraction of sp³-hybridized carbons (Fsp3) is 0.600. The van der Waals surface area contributed by atoms with E-state index in [9.17, 15) is 19.8 Å². The summed E-state index contributed by atoms with van der Waals surface area (Å²) >= 11 is 0. The van der Waals surface area contributed by atoms with Gasteiger partial charge >= 0.3 is 0 Å². The summed E-state index contributed by atoms with van der Waals surface area (Å²) in [4.78, 5) is 24.5. The molecular formula is C20H28N2O4. The monoisotopic (exact) mass is 360 g/mol. The third-order valence-corrected chi connectivity index (χ3v) is 4.93. The van der Waals surface area contributed by atoms with E-state index < -0.39 is 0 Å². The molecule has 0 aromatic carbocycles. The van der Waals surface area contributed by atoms with Crippen LogP contribution in [0.5, 0.6) is 0 Å². The molecule has 0 aromatic rings. The number of aliphatic hydroxyl groups excluding tert-OH is 2. The normalized spacial score (nSPS) is 26.8. The van der Waals surface area contributed by atoms with E-state index in [1.54, 1.807) is 0 Å². The number of nitrogens with one attached hydrogen (secondary N) is 2. The molecule has 2 rings (SSSR count). The van der Waals surface area contributed by atoms with E-state index in [4.69, 9.17) is 10.8 Å². The maximum absolute atomic E-state index is 12.3. The molecule has 0 heterocycles. The lowest BCUT2D eigenvalue weighted by Crippen LogP contribution is -2.32. The van der Waals surface area contributed by atoms with Crippen molar-refractivity contribution in [2.45, 2.75) is 66.2 Å². The van der Waals surface area contributed by atoms with Crippen molar-refractivity contribution >= 4 is 23.0 Å². The Bertz CT molecular complexity index is 646. The van der Waals surface area contributed by atoms with E-state index in [2.05, 4.69) is 0 Å². The molecular weight excluding hydrogens is 332 g/mol. The van der Waals surface area contributed by atoms with Crippen molar-refractivity contribution < 1.29 is 19.8 Å². The highest BCUT2D eigenvalue weighted by molar-refractivity contribution is 6.24. The molecule has 2 aliphatic carbocycles. The molecule has 0 saturated heterocycles. The van der Waals surface area contributed by atoms with Crippen LogP contribution in [0.3, 0.4) is 0 Å². The van der Waals surface area contributed by atoms with E-state index in [1.165, 1.54) is 0 Å². The molecule has 0 radical (unpaired) electrons. The van der Waals surface area contributed by atoms with E-state index in [-0.39, 0.29) is 82.2 Å². The van der Waals surface area contributed by atoms with E-state index in [0.29, 0.717) is 12.8 Å². The quantitative estimate of drug-likeness (QED) is 0.445. The van der Waals surface area contributed by atoms with Crippen LogP contribution in [-0.2, 0) is 9.59 Å². The van der Waals surface area contributed by atoms with Crippen LogP contribution >= 0.6 is 0 Å². The van der Waals surface area contributed by atoms with Crippen LogP contribution in [0, 0.1) is 21.6 Å². The summed E-state index contributed by atoms with van der Waals surface area (Å²) in [5.74, 6) is -0.978. The number of ketones is 2. The summed E-state index contributed by atoms with van der Waals surface area (Å²) in [5, 5.41) is 36.7. The van der Waals surface area contributed by atoms with Gasteiger partial charge in [-0.1, -0.05) is 27.7 Å². The molecule has 0 spiro atoms. The van der Waals surface area contributed by atoms with Gasteiger partial charge in [0.2, 0.25) is 0 Å². The summed E-state index contributed by atoms with van der Waals surface area (Å²) in [6.45, 7) is 7.63. The molecule has 26 heavy (non-hydrogen) atoms. The predicted octanol–water partition coefficient (Wildman–Crippen LogP) is 4.21. The highest BCUT2D eigenvalue weighted by atomic mass is 16.3. The zero-order valence-electron chi connectivity index (χ0n) is 16.0. The molecule has 0 unspecified atom stereocenters. The Kier molecular flexibility index (Phi) is 5.26. The largest absolute Gasteiger partial charge is 0.511 e. The average molecular weight is 360 g/mol. The standard InChI is InChI=1S/C20H28N2O4/c1-19(2)7-11(21)17(15(25)9-19)13(23)5-6-14(24)18-12(22)8-20(3,4)10-16(18)26/h21-24H,5-10H2,1-4H3. The number of carbonyl (C=O) groups excluding carboxylic acids is 2. The Balaban J connectivity index is 2.17. The van der Waals surface area contributed by atoms with Gasteiger partial charge in [-0.05, 0) is 23.7 Å². The second-order valence-electron chi connectivity index (χ2n) is 8.98. The van der Waals surface area contributed by atoms with Gasteiger partial charge < -0.3 is 21.0 Å². The van der Waals surface area contributed by atoms with Crippen molar-refractivity contribution in [3.05, 3.63) is 22.7 Å². The minimum absolute atomic E-state index is 0.0355. The van der Waals surface area contributed by atoms with Crippen LogP contribution in [0.2, 0.25) is 0 Å². The summed E-state index contributed by atoms with van der Waals surface area (Å²) in [5.41, 5.74) is -0.295. The Hall–Kier alpha value is -2.24. The molecule has 0 aromatic heterocycles. The van der Waals surface area contributed by atoms with Crippen LogP contribution in [0.4, 0.5) is 0 Å². The number of hydrogen-bond donors (Lipinski definition) is 4.